The average Bonchev–Trinajstić information content (AvgIpc) is 3.45. The van der Waals surface area contributed by atoms with Gasteiger partial charge in [-0.2, -0.15) is 10.4 Å². The number of esters is 1. The molecule has 4 heterocycles. The molecule has 0 unspecified atom stereocenters. The number of fused-ring (bicyclic) bond motifs is 2. The van der Waals surface area contributed by atoms with E-state index in [0.29, 0.717) is 11.2 Å². The number of nitrogens with zero attached hydrogens (tertiary/aromatic N) is 4. The number of nitrogen functional groups attached to an aromatic ring is 1. The molecule has 1 amide bonds. The van der Waals surface area contributed by atoms with Crippen LogP contribution in [0.2, 0.25) is 0 Å². The van der Waals surface area contributed by atoms with Crippen molar-refractivity contribution in [2.75, 3.05) is 12.3 Å². The van der Waals surface area contributed by atoms with Gasteiger partial charge in [0.15, 0.2) is 11.6 Å². The van der Waals surface area contributed by atoms with E-state index in [-0.39, 0.29) is 18.3 Å². The van der Waals surface area contributed by atoms with Crippen LogP contribution in [0.4, 0.5) is 10.6 Å². The lowest BCUT2D eigenvalue weighted by atomic mass is 9.92. The van der Waals surface area contributed by atoms with E-state index < -0.39 is 53.4 Å². The number of hydrogen-bond donors (Lipinski definition) is 2. The summed E-state index contributed by atoms with van der Waals surface area (Å²) in [6.07, 6.45) is -1.91. The quantitative estimate of drug-likeness (QED) is 0.523. The highest BCUT2D eigenvalue weighted by atomic mass is 16.8. The number of anilines is 1. The number of carbonyl (C=O) groups is 2. The molecule has 13 heteroatoms. The van der Waals surface area contributed by atoms with E-state index >= 15 is 0 Å². The molecule has 38 heavy (non-hydrogen) atoms. The maximum absolute atomic E-state index is 13.0. The van der Waals surface area contributed by atoms with E-state index in [1.807, 2.05) is 0 Å². The Hall–Kier alpha value is -3.47. The lowest BCUT2D eigenvalue weighted by Gasteiger charge is -2.29. The molecule has 2 aliphatic heterocycles. The van der Waals surface area contributed by atoms with Gasteiger partial charge in [0.05, 0.1) is 5.69 Å². The molecule has 4 rings (SSSR count). The van der Waals surface area contributed by atoms with Crippen LogP contribution < -0.4 is 11.1 Å². The van der Waals surface area contributed by atoms with E-state index in [9.17, 15) is 14.9 Å². The Labute approximate surface area is 220 Å². The summed E-state index contributed by atoms with van der Waals surface area (Å²) in [6.45, 7) is 11.9. The average molecular weight is 531 g/mol. The Morgan fingerprint density at radius 2 is 1.97 bits per heavy atom. The maximum atomic E-state index is 13.0. The van der Waals surface area contributed by atoms with Crippen LogP contribution in [-0.4, -0.2) is 69.0 Å². The first-order valence-corrected chi connectivity index (χ1v) is 12.4. The minimum atomic E-state index is -1.64. The Morgan fingerprint density at radius 1 is 1.26 bits per heavy atom. The molecular formula is C25H34N6O7. The molecule has 0 aromatic carbocycles. The Morgan fingerprint density at radius 3 is 2.61 bits per heavy atom. The number of rotatable bonds is 6. The summed E-state index contributed by atoms with van der Waals surface area (Å²) in [5.74, 6) is -1.75. The van der Waals surface area contributed by atoms with Crippen molar-refractivity contribution >= 4 is 23.4 Å². The Kier molecular flexibility index (Phi) is 7.02. The minimum Gasteiger partial charge on any atom is -0.461 e. The van der Waals surface area contributed by atoms with Gasteiger partial charge in [-0.3, -0.25) is 0 Å². The van der Waals surface area contributed by atoms with Crippen molar-refractivity contribution in [3.63, 3.8) is 0 Å². The summed E-state index contributed by atoms with van der Waals surface area (Å²) in [5.41, 5.74) is 4.49. The van der Waals surface area contributed by atoms with Crippen LogP contribution >= 0.6 is 0 Å². The summed E-state index contributed by atoms with van der Waals surface area (Å²) in [4.78, 5) is 29.3. The topological polar surface area (TPSA) is 172 Å². The van der Waals surface area contributed by atoms with Crippen LogP contribution in [0.15, 0.2) is 18.5 Å². The van der Waals surface area contributed by atoms with Crippen molar-refractivity contribution in [3.8, 4) is 6.07 Å². The smallest absolute Gasteiger partial charge is 0.408 e. The van der Waals surface area contributed by atoms with E-state index in [0.717, 1.165) is 0 Å². The second-order valence-electron chi connectivity index (χ2n) is 11.2. The first-order valence-electron chi connectivity index (χ1n) is 12.4. The molecule has 0 saturated carbocycles. The van der Waals surface area contributed by atoms with Gasteiger partial charge in [-0.1, -0.05) is 13.8 Å². The van der Waals surface area contributed by atoms with Crippen molar-refractivity contribution in [2.24, 2.45) is 5.92 Å². The normalized spacial score (nSPS) is 27.1. The maximum Gasteiger partial charge on any atom is 0.408 e. The molecule has 0 bridgehead atoms. The fourth-order valence-electron chi connectivity index (χ4n) is 4.65. The highest BCUT2D eigenvalue weighted by molar-refractivity contribution is 5.81. The lowest BCUT2D eigenvalue weighted by molar-refractivity contribution is -0.207. The molecule has 5 atom stereocenters. The van der Waals surface area contributed by atoms with Gasteiger partial charge in [-0.05, 0) is 52.7 Å². The second kappa shape index (κ2) is 9.68. The number of alkyl carbamates (subject to hydrolysis) is 1. The van der Waals surface area contributed by atoms with Gasteiger partial charge in [0.2, 0.25) is 5.60 Å². The lowest BCUT2D eigenvalue weighted by Crippen LogP contribution is -2.48. The molecule has 2 saturated heterocycles. The van der Waals surface area contributed by atoms with Gasteiger partial charge in [0.25, 0.3) is 0 Å². The zero-order valence-electron chi connectivity index (χ0n) is 22.5. The molecule has 206 valence electrons. The molecule has 0 aliphatic carbocycles. The number of amides is 1. The number of nitrogens with one attached hydrogen (secondary N) is 1. The largest absolute Gasteiger partial charge is 0.461 e. The molecule has 13 nitrogen and oxygen atoms in total. The summed E-state index contributed by atoms with van der Waals surface area (Å²) in [7, 11) is 0. The summed E-state index contributed by atoms with van der Waals surface area (Å²) >= 11 is 0. The Bertz CT molecular complexity index is 1260. The number of carbonyl (C=O) groups excluding carboxylic acids is 2. The molecule has 2 aromatic rings. The van der Waals surface area contributed by atoms with E-state index in [2.05, 4.69) is 21.5 Å². The summed E-state index contributed by atoms with van der Waals surface area (Å²) < 4.78 is 30.8. The minimum absolute atomic E-state index is 0.237. The van der Waals surface area contributed by atoms with Crippen LogP contribution in [0.1, 0.15) is 54.2 Å². The van der Waals surface area contributed by atoms with E-state index in [1.165, 1.54) is 10.8 Å². The summed E-state index contributed by atoms with van der Waals surface area (Å²) in [6, 6.07) is 4.64. The number of nitrogens with two attached hydrogens (primary N) is 1. The second-order valence-corrected chi connectivity index (χ2v) is 11.2. The first-order chi connectivity index (χ1) is 17.7. The van der Waals surface area contributed by atoms with Crippen LogP contribution in [-0.2, 0) is 34.1 Å². The third-order valence-corrected chi connectivity index (χ3v) is 6.24. The Balaban J connectivity index is 1.57. The molecule has 0 spiro atoms. The SMILES string of the molecule is CC(C)[C@H](NC(=O)OC(C)(C)C)C(=O)OC[C@H]1O[C@@](C#N)(c2ccc3c(N)ncnn23)[C@@H]2OC(C)(C)O[C@@H]21. The number of aromatic nitrogens is 3. The van der Waals surface area contributed by atoms with Crippen molar-refractivity contribution in [3.05, 3.63) is 24.2 Å². The van der Waals surface area contributed by atoms with E-state index in [4.69, 9.17) is 29.4 Å². The van der Waals surface area contributed by atoms with Crippen molar-refractivity contribution in [1.82, 2.24) is 19.9 Å². The van der Waals surface area contributed by atoms with Gasteiger partial charge < -0.3 is 34.7 Å². The third-order valence-electron chi connectivity index (χ3n) is 6.24. The highest BCUT2D eigenvalue weighted by Crippen LogP contribution is 2.49. The van der Waals surface area contributed by atoms with Gasteiger partial charge in [-0.25, -0.2) is 19.1 Å². The first kappa shape index (κ1) is 27.6. The predicted molar refractivity (Wildman–Crippen MR) is 132 cm³/mol. The standard InChI is InChI=1S/C25H34N6O7/c1-13(2)17(30-22(33)38-23(3,4)5)21(32)34-10-15-18-19(37-24(6,7)36-18)25(11-26,35-15)16-9-8-14-20(27)28-12-29-31(14)16/h8-9,12-13,15,17-19H,10H2,1-7H3,(H,30,33)(H2,27,28,29)/t15-,17+,18-,19-,25+/m1/s1. The third kappa shape index (κ3) is 5.11. The highest BCUT2D eigenvalue weighted by Gasteiger charge is 2.65. The molecular weight excluding hydrogens is 496 g/mol. The molecule has 2 aromatic heterocycles. The molecule has 3 N–H and O–H groups in total. The fourth-order valence-corrected chi connectivity index (χ4v) is 4.65. The fraction of sp³-hybridized carbons (Fsp3) is 0.640. The monoisotopic (exact) mass is 530 g/mol. The number of ether oxygens (including phenoxy) is 5. The summed E-state index contributed by atoms with van der Waals surface area (Å²) in [5, 5.41) is 17.2. The van der Waals surface area contributed by atoms with Gasteiger partial charge in [0, 0.05) is 0 Å². The van der Waals surface area contributed by atoms with Crippen molar-refractivity contribution in [2.45, 2.75) is 89.8 Å². The van der Waals surface area contributed by atoms with Crippen LogP contribution in [0.25, 0.3) is 5.52 Å². The molecule has 0 radical (unpaired) electrons. The van der Waals surface area contributed by atoms with Crippen molar-refractivity contribution in [1.29, 1.82) is 5.26 Å². The molecule has 2 aliphatic rings. The zero-order valence-corrected chi connectivity index (χ0v) is 22.5. The van der Waals surface area contributed by atoms with Gasteiger partial charge >= 0.3 is 12.1 Å². The van der Waals surface area contributed by atoms with Crippen LogP contribution in [0, 0.1) is 17.2 Å². The number of hydrogen-bond acceptors (Lipinski definition) is 11. The van der Waals surface area contributed by atoms with Gasteiger partial charge in [-0.15, -0.1) is 0 Å². The van der Waals surface area contributed by atoms with Crippen LogP contribution in [0.5, 0.6) is 0 Å². The molecule has 2 fully saturated rings. The zero-order chi connectivity index (χ0) is 28.0. The predicted octanol–water partition coefficient (Wildman–Crippen LogP) is 2.04. The van der Waals surface area contributed by atoms with E-state index in [1.54, 1.807) is 60.6 Å². The van der Waals surface area contributed by atoms with Crippen molar-refractivity contribution < 1.29 is 33.3 Å². The van der Waals surface area contributed by atoms with Crippen LogP contribution in [0.3, 0.4) is 0 Å². The van der Waals surface area contributed by atoms with Gasteiger partial charge in [0.1, 0.15) is 54.5 Å². The number of nitriles is 1.